The second-order valence-corrected chi connectivity index (χ2v) is 8.52. The highest BCUT2D eigenvalue weighted by Gasteiger charge is 2.22. The summed E-state index contributed by atoms with van der Waals surface area (Å²) in [6.45, 7) is 2.43. The van der Waals surface area contributed by atoms with Crippen LogP contribution >= 0.6 is 23.4 Å². The number of halogens is 1. The van der Waals surface area contributed by atoms with Crippen molar-refractivity contribution in [2.24, 2.45) is 0 Å². The second kappa shape index (κ2) is 8.78. The molecule has 0 saturated heterocycles. The monoisotopic (exact) mass is 434 g/mol. The summed E-state index contributed by atoms with van der Waals surface area (Å²) in [6, 6.07) is 20.7. The molecule has 2 amide bonds. The van der Waals surface area contributed by atoms with Gasteiger partial charge in [-0.05, 0) is 54.5 Å². The molecule has 30 heavy (non-hydrogen) atoms. The van der Waals surface area contributed by atoms with E-state index in [1.54, 1.807) is 24.3 Å². The summed E-state index contributed by atoms with van der Waals surface area (Å²) in [4.78, 5) is 26.6. The smallest absolute Gasteiger partial charge is 0.262 e. The lowest BCUT2D eigenvalue weighted by molar-refractivity contribution is -0.112. The van der Waals surface area contributed by atoms with Gasteiger partial charge in [0.05, 0.1) is 10.6 Å². The molecule has 4 rings (SSSR count). The summed E-state index contributed by atoms with van der Waals surface area (Å²) in [6.07, 6.45) is 1.87. The molecule has 3 aromatic carbocycles. The van der Waals surface area contributed by atoms with E-state index in [1.165, 1.54) is 17.3 Å². The van der Waals surface area contributed by atoms with Crippen LogP contribution in [-0.2, 0) is 11.3 Å². The lowest BCUT2D eigenvalue weighted by Gasteiger charge is -2.19. The zero-order valence-corrected chi connectivity index (χ0v) is 17.8. The molecule has 0 aliphatic carbocycles. The molecule has 0 saturated carbocycles. The molecule has 1 heterocycles. The molecule has 6 heteroatoms. The number of nitrogens with one attached hydrogen (secondary N) is 2. The first-order valence-corrected chi connectivity index (χ1v) is 10.6. The average Bonchev–Trinajstić information content (AvgIpc) is 2.75. The van der Waals surface area contributed by atoms with Crippen molar-refractivity contribution in [2.45, 2.75) is 18.4 Å². The summed E-state index contributed by atoms with van der Waals surface area (Å²) < 4.78 is 0. The van der Waals surface area contributed by atoms with Crippen molar-refractivity contribution in [3.8, 4) is 0 Å². The minimum absolute atomic E-state index is 0.174. The first-order valence-electron chi connectivity index (χ1n) is 9.42. The Balaban J connectivity index is 1.47. The van der Waals surface area contributed by atoms with E-state index in [2.05, 4.69) is 10.6 Å². The van der Waals surface area contributed by atoms with Gasteiger partial charge in [0.2, 0.25) is 0 Å². The summed E-state index contributed by atoms with van der Waals surface area (Å²) in [5, 5.41) is 6.44. The zero-order valence-electron chi connectivity index (χ0n) is 16.2. The van der Waals surface area contributed by atoms with Gasteiger partial charge in [-0.25, -0.2) is 0 Å². The first kappa shape index (κ1) is 20.3. The minimum Gasteiger partial charge on any atom is -0.348 e. The Kier molecular flexibility index (Phi) is 5.93. The fourth-order valence-electron chi connectivity index (χ4n) is 3.00. The molecule has 0 aromatic heterocycles. The van der Waals surface area contributed by atoms with Gasteiger partial charge < -0.3 is 10.6 Å². The second-order valence-electron chi connectivity index (χ2n) is 7.00. The number of fused-ring (bicyclic) bond motifs is 1. The van der Waals surface area contributed by atoms with E-state index in [1.807, 2.05) is 55.5 Å². The number of carbonyl (C=O) groups excluding carboxylic acids is 2. The van der Waals surface area contributed by atoms with Gasteiger partial charge in [-0.2, -0.15) is 0 Å². The quantitative estimate of drug-likeness (QED) is 0.520. The van der Waals surface area contributed by atoms with Crippen LogP contribution in [0.2, 0.25) is 5.02 Å². The van der Waals surface area contributed by atoms with Crippen LogP contribution < -0.4 is 10.6 Å². The summed E-state index contributed by atoms with van der Waals surface area (Å²) in [5.74, 6) is -0.375. The molecular formula is C24H19ClN2O2S. The lowest BCUT2D eigenvalue weighted by Crippen LogP contribution is -2.23. The molecule has 2 N–H and O–H groups in total. The topological polar surface area (TPSA) is 58.2 Å². The SMILES string of the molecule is Cc1ccc(C=C2Sc3ccc(C(=O)NCc4ccc(Cl)cc4)cc3NC2=O)cc1. The zero-order chi connectivity index (χ0) is 21.1. The molecule has 0 atom stereocenters. The molecule has 0 unspecified atom stereocenters. The van der Waals surface area contributed by atoms with Crippen LogP contribution in [0.1, 0.15) is 27.0 Å². The van der Waals surface area contributed by atoms with Crippen molar-refractivity contribution in [2.75, 3.05) is 5.32 Å². The Hall–Kier alpha value is -3.02. The van der Waals surface area contributed by atoms with Crippen LogP contribution in [0.4, 0.5) is 5.69 Å². The maximum absolute atomic E-state index is 12.5. The van der Waals surface area contributed by atoms with Gasteiger partial charge in [-0.15, -0.1) is 0 Å². The fraction of sp³-hybridized carbons (Fsp3) is 0.0833. The predicted molar refractivity (Wildman–Crippen MR) is 123 cm³/mol. The molecule has 3 aromatic rings. The summed E-state index contributed by atoms with van der Waals surface area (Å²) >= 11 is 7.28. The third-order valence-corrected chi connectivity index (χ3v) is 6.03. The minimum atomic E-state index is -0.201. The molecule has 0 spiro atoms. The average molecular weight is 435 g/mol. The molecule has 0 fully saturated rings. The van der Waals surface area contributed by atoms with E-state index in [4.69, 9.17) is 11.6 Å². The van der Waals surface area contributed by atoms with Gasteiger partial charge in [0.1, 0.15) is 0 Å². The largest absolute Gasteiger partial charge is 0.348 e. The van der Waals surface area contributed by atoms with E-state index < -0.39 is 0 Å². The summed E-state index contributed by atoms with van der Waals surface area (Å²) in [5.41, 5.74) is 4.24. The van der Waals surface area contributed by atoms with Gasteiger partial charge >= 0.3 is 0 Å². The first-order chi connectivity index (χ1) is 14.5. The number of thioether (sulfide) groups is 1. The van der Waals surface area contributed by atoms with Crippen molar-refractivity contribution in [3.63, 3.8) is 0 Å². The standard InChI is InChI=1S/C24H19ClN2O2S/c1-15-2-4-16(5-3-15)12-22-24(29)27-20-13-18(8-11-21(20)30-22)23(28)26-14-17-6-9-19(25)10-7-17/h2-13H,14H2,1H3,(H,26,28)(H,27,29). The third kappa shape index (κ3) is 4.75. The summed E-state index contributed by atoms with van der Waals surface area (Å²) in [7, 11) is 0. The van der Waals surface area contributed by atoms with Gasteiger partial charge in [0, 0.05) is 22.0 Å². The van der Waals surface area contributed by atoms with E-state index in [0.717, 1.165) is 16.0 Å². The molecule has 1 aliphatic rings. The number of carbonyl (C=O) groups is 2. The van der Waals surface area contributed by atoms with Crippen LogP contribution in [0.15, 0.2) is 76.5 Å². The van der Waals surface area contributed by atoms with Gasteiger partial charge in [-0.3, -0.25) is 9.59 Å². The normalized spacial score (nSPS) is 14.2. The van der Waals surface area contributed by atoms with Gasteiger partial charge in [0.25, 0.3) is 11.8 Å². The highest BCUT2D eigenvalue weighted by atomic mass is 35.5. The van der Waals surface area contributed by atoms with Crippen molar-refractivity contribution in [3.05, 3.63) is 98.9 Å². The Morgan fingerprint density at radius 1 is 1.07 bits per heavy atom. The third-order valence-electron chi connectivity index (χ3n) is 4.68. The van der Waals surface area contributed by atoms with Crippen LogP contribution in [0.25, 0.3) is 6.08 Å². The molecule has 1 aliphatic heterocycles. The van der Waals surface area contributed by atoms with Crippen LogP contribution in [0.5, 0.6) is 0 Å². The number of aryl methyl sites for hydroxylation is 1. The van der Waals surface area contributed by atoms with Crippen LogP contribution in [0, 0.1) is 6.92 Å². The predicted octanol–water partition coefficient (Wildman–Crippen LogP) is 5.66. The molecule has 0 radical (unpaired) electrons. The fourth-order valence-corrected chi connectivity index (χ4v) is 4.06. The number of hydrogen-bond donors (Lipinski definition) is 2. The van der Waals surface area contributed by atoms with Crippen molar-refractivity contribution < 1.29 is 9.59 Å². The van der Waals surface area contributed by atoms with Gasteiger partial charge in [0.15, 0.2) is 0 Å². The van der Waals surface area contributed by atoms with E-state index in [9.17, 15) is 9.59 Å². The molecule has 0 bridgehead atoms. The number of rotatable bonds is 4. The van der Waals surface area contributed by atoms with Crippen LogP contribution in [0.3, 0.4) is 0 Å². The van der Waals surface area contributed by atoms with Crippen LogP contribution in [-0.4, -0.2) is 11.8 Å². The highest BCUT2D eigenvalue weighted by molar-refractivity contribution is 8.04. The van der Waals surface area contributed by atoms with Crippen molar-refractivity contribution in [1.82, 2.24) is 5.32 Å². The Morgan fingerprint density at radius 3 is 2.53 bits per heavy atom. The molecular weight excluding hydrogens is 416 g/mol. The Bertz CT molecular complexity index is 1140. The van der Waals surface area contributed by atoms with E-state index in [-0.39, 0.29) is 11.8 Å². The lowest BCUT2D eigenvalue weighted by atomic mass is 10.1. The van der Waals surface area contributed by atoms with E-state index in [0.29, 0.717) is 27.7 Å². The number of benzene rings is 3. The molecule has 150 valence electrons. The number of hydrogen-bond acceptors (Lipinski definition) is 3. The maximum atomic E-state index is 12.5. The van der Waals surface area contributed by atoms with E-state index >= 15 is 0 Å². The number of amides is 2. The van der Waals surface area contributed by atoms with Crippen molar-refractivity contribution in [1.29, 1.82) is 0 Å². The van der Waals surface area contributed by atoms with Gasteiger partial charge in [-0.1, -0.05) is 65.3 Å². The van der Waals surface area contributed by atoms with Crippen molar-refractivity contribution >= 4 is 46.9 Å². The Labute approximate surface area is 184 Å². The molecule has 4 nitrogen and oxygen atoms in total. The number of anilines is 1. The maximum Gasteiger partial charge on any atom is 0.262 e. The Morgan fingerprint density at radius 2 is 1.80 bits per heavy atom. The highest BCUT2D eigenvalue weighted by Crippen LogP contribution is 2.39.